The first-order chi connectivity index (χ1) is 15.4. The van der Waals surface area contributed by atoms with Crippen LogP contribution in [0.15, 0.2) is 85.3 Å². The van der Waals surface area contributed by atoms with Crippen molar-refractivity contribution in [1.29, 1.82) is 0 Å². The molecule has 1 N–H and O–H groups in total. The van der Waals surface area contributed by atoms with Crippen LogP contribution in [-0.2, 0) is 4.74 Å². The van der Waals surface area contributed by atoms with Crippen LogP contribution in [-0.4, -0.2) is 31.7 Å². The molecule has 0 saturated carbocycles. The van der Waals surface area contributed by atoms with Gasteiger partial charge in [-0.25, -0.2) is 9.48 Å². The summed E-state index contributed by atoms with van der Waals surface area (Å²) in [4.78, 5) is 16.9. The molecule has 0 radical (unpaired) electrons. The SMILES string of the molecule is CC(n1cc(-c2cccnc2)nn1)C(C)(C)OC(=O)Nc1ccccc1-c1ccccc1. The van der Waals surface area contributed by atoms with Gasteiger partial charge in [0.15, 0.2) is 0 Å². The maximum atomic E-state index is 12.8. The van der Waals surface area contributed by atoms with Crippen molar-refractivity contribution in [3.8, 4) is 22.4 Å². The Morgan fingerprint density at radius 2 is 1.72 bits per heavy atom. The van der Waals surface area contributed by atoms with E-state index in [1.54, 1.807) is 17.1 Å². The van der Waals surface area contributed by atoms with Gasteiger partial charge < -0.3 is 4.74 Å². The molecule has 0 aliphatic rings. The van der Waals surface area contributed by atoms with Crippen molar-refractivity contribution in [3.63, 3.8) is 0 Å². The standard InChI is InChI=1S/C25H25N5O2/c1-18(30-17-23(28-29-30)20-12-9-15-26-16-20)25(2,3)32-24(31)27-22-14-8-7-13-21(22)19-10-5-4-6-11-19/h4-18H,1-3H3,(H,27,31). The van der Waals surface area contributed by atoms with Crippen LogP contribution in [0.1, 0.15) is 26.8 Å². The third-order valence-electron chi connectivity index (χ3n) is 5.47. The molecule has 2 heterocycles. The quantitative estimate of drug-likeness (QED) is 0.433. The number of hydrogen-bond acceptors (Lipinski definition) is 5. The number of aromatic nitrogens is 4. The molecule has 0 spiro atoms. The largest absolute Gasteiger partial charge is 0.441 e. The maximum Gasteiger partial charge on any atom is 0.412 e. The van der Waals surface area contributed by atoms with Gasteiger partial charge in [0.2, 0.25) is 0 Å². The van der Waals surface area contributed by atoms with E-state index < -0.39 is 11.7 Å². The second-order valence-electron chi connectivity index (χ2n) is 8.03. The lowest BCUT2D eigenvalue weighted by atomic mass is 10.0. The molecule has 0 aliphatic carbocycles. The fourth-order valence-electron chi connectivity index (χ4n) is 3.35. The van der Waals surface area contributed by atoms with Crippen molar-refractivity contribution in [3.05, 3.63) is 85.3 Å². The summed E-state index contributed by atoms with van der Waals surface area (Å²) in [6.45, 7) is 5.64. The molecule has 2 aromatic heterocycles. The Kier molecular flexibility index (Phi) is 5.98. The van der Waals surface area contributed by atoms with Gasteiger partial charge in [-0.2, -0.15) is 0 Å². The van der Waals surface area contributed by atoms with E-state index in [4.69, 9.17) is 4.74 Å². The highest BCUT2D eigenvalue weighted by Crippen LogP contribution is 2.30. The lowest BCUT2D eigenvalue weighted by Gasteiger charge is -2.31. The van der Waals surface area contributed by atoms with Gasteiger partial charge in [0.1, 0.15) is 11.3 Å². The van der Waals surface area contributed by atoms with Crippen LogP contribution in [0.4, 0.5) is 10.5 Å². The van der Waals surface area contributed by atoms with Gasteiger partial charge in [0.05, 0.1) is 17.9 Å². The highest BCUT2D eigenvalue weighted by molar-refractivity contribution is 5.91. The first-order valence-corrected chi connectivity index (χ1v) is 10.4. The van der Waals surface area contributed by atoms with Crippen LogP contribution in [0, 0.1) is 0 Å². The Morgan fingerprint density at radius 3 is 2.47 bits per heavy atom. The van der Waals surface area contributed by atoms with Gasteiger partial charge in [-0.3, -0.25) is 10.3 Å². The second-order valence-corrected chi connectivity index (χ2v) is 8.03. The first kappa shape index (κ1) is 21.2. The van der Waals surface area contributed by atoms with E-state index in [2.05, 4.69) is 20.6 Å². The number of anilines is 1. The number of ether oxygens (including phenoxy) is 1. The molecule has 7 heteroatoms. The third-order valence-corrected chi connectivity index (χ3v) is 5.47. The number of carbonyl (C=O) groups excluding carboxylic acids is 1. The molecule has 0 aliphatic heterocycles. The Balaban J connectivity index is 1.47. The Bertz CT molecular complexity index is 1190. The molecule has 32 heavy (non-hydrogen) atoms. The van der Waals surface area contributed by atoms with Crippen LogP contribution < -0.4 is 5.32 Å². The van der Waals surface area contributed by atoms with Crippen molar-refractivity contribution in [2.45, 2.75) is 32.4 Å². The summed E-state index contributed by atoms with van der Waals surface area (Å²) < 4.78 is 7.51. The van der Waals surface area contributed by atoms with Crippen molar-refractivity contribution < 1.29 is 9.53 Å². The Labute approximate surface area is 187 Å². The smallest absolute Gasteiger partial charge is 0.412 e. The first-order valence-electron chi connectivity index (χ1n) is 10.4. The highest BCUT2D eigenvalue weighted by atomic mass is 16.6. The molecule has 1 unspecified atom stereocenters. The van der Waals surface area contributed by atoms with Crippen LogP contribution in [0.2, 0.25) is 0 Å². The van der Waals surface area contributed by atoms with Crippen LogP contribution in [0.25, 0.3) is 22.4 Å². The average Bonchev–Trinajstić information content (AvgIpc) is 3.30. The normalized spacial score (nSPS) is 12.2. The third kappa shape index (κ3) is 4.67. The summed E-state index contributed by atoms with van der Waals surface area (Å²) >= 11 is 0. The summed E-state index contributed by atoms with van der Waals surface area (Å²) in [5.41, 5.74) is 3.37. The number of pyridine rings is 1. The fraction of sp³-hybridized carbons (Fsp3) is 0.200. The van der Waals surface area contributed by atoms with Gasteiger partial charge in [0, 0.05) is 23.5 Å². The number of benzene rings is 2. The number of para-hydroxylation sites is 1. The summed E-state index contributed by atoms with van der Waals surface area (Å²) in [5, 5.41) is 11.3. The summed E-state index contributed by atoms with van der Waals surface area (Å²) in [6.07, 6.45) is 4.74. The topological polar surface area (TPSA) is 81.9 Å². The zero-order valence-corrected chi connectivity index (χ0v) is 18.3. The minimum atomic E-state index is -0.842. The summed E-state index contributed by atoms with van der Waals surface area (Å²) in [6, 6.07) is 21.1. The average molecular weight is 428 g/mol. The van der Waals surface area contributed by atoms with Crippen LogP contribution in [0.3, 0.4) is 0 Å². The Morgan fingerprint density at radius 1 is 1.00 bits per heavy atom. The van der Waals surface area contributed by atoms with Gasteiger partial charge in [0.25, 0.3) is 0 Å². The van der Waals surface area contributed by atoms with E-state index in [1.165, 1.54) is 0 Å². The van der Waals surface area contributed by atoms with Gasteiger partial charge in [-0.1, -0.05) is 53.7 Å². The minimum Gasteiger partial charge on any atom is -0.441 e. The Hall–Kier alpha value is -4.00. The predicted molar refractivity (Wildman–Crippen MR) is 124 cm³/mol. The number of nitrogens with one attached hydrogen (secondary N) is 1. The molecule has 0 saturated heterocycles. The zero-order chi connectivity index (χ0) is 22.6. The number of amides is 1. The number of carbonyl (C=O) groups is 1. The molecular formula is C25H25N5O2. The maximum absolute atomic E-state index is 12.8. The molecule has 1 atom stereocenters. The predicted octanol–water partition coefficient (Wildman–Crippen LogP) is 5.60. The highest BCUT2D eigenvalue weighted by Gasteiger charge is 2.33. The molecule has 4 rings (SSSR count). The van der Waals surface area contributed by atoms with E-state index in [9.17, 15) is 4.79 Å². The number of rotatable bonds is 6. The van der Waals surface area contributed by atoms with Gasteiger partial charge >= 0.3 is 6.09 Å². The van der Waals surface area contributed by atoms with Crippen molar-refractivity contribution in [1.82, 2.24) is 20.0 Å². The van der Waals surface area contributed by atoms with E-state index >= 15 is 0 Å². The zero-order valence-electron chi connectivity index (χ0n) is 18.3. The van der Waals surface area contributed by atoms with E-state index in [1.807, 2.05) is 93.7 Å². The molecule has 162 valence electrons. The molecule has 1 amide bonds. The van der Waals surface area contributed by atoms with Gasteiger partial charge in [-0.15, -0.1) is 5.10 Å². The molecule has 4 aromatic rings. The molecule has 0 fully saturated rings. The van der Waals surface area contributed by atoms with Crippen molar-refractivity contribution in [2.75, 3.05) is 5.32 Å². The minimum absolute atomic E-state index is 0.254. The van der Waals surface area contributed by atoms with Crippen LogP contribution >= 0.6 is 0 Å². The molecule has 0 bridgehead atoms. The van der Waals surface area contributed by atoms with E-state index in [0.29, 0.717) is 11.4 Å². The van der Waals surface area contributed by atoms with E-state index in [-0.39, 0.29) is 6.04 Å². The number of nitrogens with zero attached hydrogens (tertiary/aromatic N) is 4. The molecule has 2 aromatic carbocycles. The number of hydrogen-bond donors (Lipinski definition) is 1. The summed E-state index contributed by atoms with van der Waals surface area (Å²) in [7, 11) is 0. The second kappa shape index (κ2) is 9.01. The fourth-order valence-corrected chi connectivity index (χ4v) is 3.35. The van der Waals surface area contributed by atoms with Crippen LogP contribution in [0.5, 0.6) is 0 Å². The summed E-state index contributed by atoms with van der Waals surface area (Å²) in [5.74, 6) is 0. The van der Waals surface area contributed by atoms with Gasteiger partial charge in [-0.05, 0) is 44.5 Å². The molecule has 7 nitrogen and oxygen atoms in total. The monoisotopic (exact) mass is 427 g/mol. The van der Waals surface area contributed by atoms with Crippen molar-refractivity contribution >= 4 is 11.8 Å². The van der Waals surface area contributed by atoms with Crippen molar-refractivity contribution in [2.24, 2.45) is 0 Å². The van der Waals surface area contributed by atoms with E-state index in [0.717, 1.165) is 16.7 Å². The lowest BCUT2D eigenvalue weighted by Crippen LogP contribution is -2.38. The lowest BCUT2D eigenvalue weighted by molar-refractivity contribution is 0.00787. The molecular weight excluding hydrogens is 402 g/mol.